The molecule has 1 aromatic carbocycles. The molecule has 17 heavy (non-hydrogen) atoms. The van der Waals surface area contributed by atoms with Crippen molar-refractivity contribution in [2.24, 2.45) is 5.73 Å². The van der Waals surface area contributed by atoms with Crippen LogP contribution in [0.1, 0.15) is 37.3 Å². The molecule has 1 aliphatic heterocycles. The second-order valence-electron chi connectivity index (χ2n) is 5.19. The molecule has 2 N–H and O–H groups in total. The number of benzene rings is 1. The van der Waals surface area contributed by atoms with Crippen LogP contribution in [0.25, 0.3) is 0 Å². The lowest BCUT2D eigenvalue weighted by Crippen LogP contribution is -2.22. The maximum Gasteiger partial charge on any atom is 0.0396 e. The van der Waals surface area contributed by atoms with Gasteiger partial charge in [-0.1, -0.05) is 19.1 Å². The van der Waals surface area contributed by atoms with Gasteiger partial charge in [0.05, 0.1) is 0 Å². The highest BCUT2D eigenvalue weighted by molar-refractivity contribution is 5.55. The van der Waals surface area contributed by atoms with Gasteiger partial charge in [-0.25, -0.2) is 0 Å². The van der Waals surface area contributed by atoms with E-state index in [2.05, 4.69) is 36.9 Å². The second-order valence-corrected chi connectivity index (χ2v) is 5.19. The lowest BCUT2D eigenvalue weighted by Gasteiger charge is -2.21. The first-order valence-electron chi connectivity index (χ1n) is 6.80. The van der Waals surface area contributed by atoms with E-state index < -0.39 is 0 Å². The molecule has 2 heteroatoms. The molecule has 94 valence electrons. The summed E-state index contributed by atoms with van der Waals surface area (Å²) in [5.74, 6) is 0. The van der Waals surface area contributed by atoms with Crippen molar-refractivity contribution < 1.29 is 0 Å². The maximum atomic E-state index is 6.00. The van der Waals surface area contributed by atoms with Crippen LogP contribution in [0.15, 0.2) is 18.2 Å². The molecule has 0 saturated carbocycles. The Morgan fingerprint density at radius 1 is 1.29 bits per heavy atom. The van der Waals surface area contributed by atoms with E-state index in [1.165, 1.54) is 42.7 Å². The topological polar surface area (TPSA) is 29.3 Å². The van der Waals surface area contributed by atoms with E-state index >= 15 is 0 Å². The fraction of sp³-hybridized carbons (Fsp3) is 0.600. The van der Waals surface area contributed by atoms with E-state index in [-0.39, 0.29) is 0 Å². The van der Waals surface area contributed by atoms with Gasteiger partial charge >= 0.3 is 0 Å². The van der Waals surface area contributed by atoms with Crippen molar-refractivity contribution in [1.29, 1.82) is 0 Å². The van der Waals surface area contributed by atoms with Gasteiger partial charge in [0.15, 0.2) is 0 Å². The van der Waals surface area contributed by atoms with Gasteiger partial charge in [-0.3, -0.25) is 0 Å². The molecule has 0 aromatic heterocycles. The minimum Gasteiger partial charge on any atom is -0.371 e. The maximum absolute atomic E-state index is 6.00. The summed E-state index contributed by atoms with van der Waals surface area (Å²) in [6.45, 7) is 6.80. The largest absolute Gasteiger partial charge is 0.371 e. The first-order chi connectivity index (χ1) is 8.20. The highest BCUT2D eigenvalue weighted by Gasteiger charge is 2.14. The first-order valence-corrected chi connectivity index (χ1v) is 6.80. The number of hydrogen-bond donors (Lipinski definition) is 1. The lowest BCUT2D eigenvalue weighted by atomic mass is 10.0. The normalized spacial score (nSPS) is 17.5. The molecular formula is C15H24N2. The third kappa shape index (κ3) is 3.01. The van der Waals surface area contributed by atoms with Crippen molar-refractivity contribution in [3.63, 3.8) is 0 Å². The number of hydrogen-bond acceptors (Lipinski definition) is 2. The van der Waals surface area contributed by atoms with Crippen molar-refractivity contribution in [3.05, 3.63) is 29.3 Å². The predicted molar refractivity (Wildman–Crippen MR) is 74.6 cm³/mol. The van der Waals surface area contributed by atoms with Gasteiger partial charge in [-0.2, -0.15) is 0 Å². The Morgan fingerprint density at radius 2 is 2.00 bits per heavy atom. The minimum absolute atomic E-state index is 0.298. The number of aryl methyl sites for hydroxylation is 1. The smallest absolute Gasteiger partial charge is 0.0396 e. The van der Waals surface area contributed by atoms with E-state index in [1.54, 1.807) is 0 Å². The molecule has 1 aromatic rings. The average molecular weight is 232 g/mol. The van der Waals surface area contributed by atoms with Crippen molar-refractivity contribution in [1.82, 2.24) is 0 Å². The van der Waals surface area contributed by atoms with Gasteiger partial charge in [0.25, 0.3) is 0 Å². The third-order valence-corrected chi connectivity index (χ3v) is 3.73. The van der Waals surface area contributed by atoms with Gasteiger partial charge in [0.1, 0.15) is 0 Å². The van der Waals surface area contributed by atoms with E-state index in [1.807, 2.05) is 0 Å². The summed E-state index contributed by atoms with van der Waals surface area (Å²) < 4.78 is 0. The molecule has 0 amide bonds. The van der Waals surface area contributed by atoms with E-state index in [0.29, 0.717) is 6.04 Å². The molecule has 1 atom stereocenters. The van der Waals surface area contributed by atoms with Crippen molar-refractivity contribution in [3.8, 4) is 0 Å². The molecule has 0 spiro atoms. The van der Waals surface area contributed by atoms with Crippen LogP contribution in [0.4, 0.5) is 5.69 Å². The second kappa shape index (κ2) is 5.54. The SMILES string of the molecule is CCC(N)Cc1ccc(N2CCCC2)c(C)c1. The van der Waals surface area contributed by atoms with Gasteiger partial charge in [0.2, 0.25) is 0 Å². The first kappa shape index (κ1) is 12.4. The molecule has 0 aliphatic carbocycles. The predicted octanol–water partition coefficient (Wildman–Crippen LogP) is 2.88. The van der Waals surface area contributed by atoms with Crippen LogP contribution >= 0.6 is 0 Å². The summed E-state index contributed by atoms with van der Waals surface area (Å²) in [4.78, 5) is 2.50. The number of anilines is 1. The van der Waals surface area contributed by atoms with E-state index in [4.69, 9.17) is 5.73 Å². The van der Waals surface area contributed by atoms with Gasteiger partial charge in [-0.05, 0) is 49.8 Å². The Bertz CT molecular complexity index is 367. The Balaban J connectivity index is 2.10. The molecule has 0 radical (unpaired) electrons. The van der Waals surface area contributed by atoms with Crippen molar-refractivity contribution >= 4 is 5.69 Å². The van der Waals surface area contributed by atoms with Gasteiger partial charge in [-0.15, -0.1) is 0 Å². The molecule has 1 unspecified atom stereocenters. The molecule has 0 bridgehead atoms. The number of nitrogens with zero attached hydrogens (tertiary/aromatic N) is 1. The van der Waals surface area contributed by atoms with Crippen LogP contribution in [0.2, 0.25) is 0 Å². The molecule has 2 rings (SSSR count). The van der Waals surface area contributed by atoms with Crippen LogP contribution in [-0.4, -0.2) is 19.1 Å². The molecular weight excluding hydrogens is 208 g/mol. The highest BCUT2D eigenvalue weighted by atomic mass is 15.1. The fourth-order valence-electron chi connectivity index (χ4n) is 2.60. The average Bonchev–Trinajstić information content (AvgIpc) is 2.82. The van der Waals surface area contributed by atoms with Crippen LogP contribution in [0, 0.1) is 6.92 Å². The molecule has 1 aliphatic rings. The number of nitrogens with two attached hydrogens (primary N) is 1. The Morgan fingerprint density at radius 3 is 2.59 bits per heavy atom. The quantitative estimate of drug-likeness (QED) is 0.865. The summed E-state index contributed by atoms with van der Waals surface area (Å²) >= 11 is 0. The Hall–Kier alpha value is -1.02. The molecule has 1 saturated heterocycles. The van der Waals surface area contributed by atoms with Crippen molar-refractivity contribution in [2.75, 3.05) is 18.0 Å². The van der Waals surface area contributed by atoms with Crippen LogP contribution in [0.5, 0.6) is 0 Å². The summed E-state index contributed by atoms with van der Waals surface area (Å²) in [7, 11) is 0. The fourth-order valence-corrected chi connectivity index (χ4v) is 2.60. The van der Waals surface area contributed by atoms with Gasteiger partial charge < -0.3 is 10.6 Å². The zero-order valence-corrected chi connectivity index (χ0v) is 11.1. The zero-order chi connectivity index (χ0) is 12.3. The van der Waals surface area contributed by atoms with Crippen LogP contribution < -0.4 is 10.6 Å². The number of rotatable bonds is 4. The summed E-state index contributed by atoms with van der Waals surface area (Å²) in [5, 5.41) is 0. The summed E-state index contributed by atoms with van der Waals surface area (Å²) in [6.07, 6.45) is 4.72. The molecule has 2 nitrogen and oxygen atoms in total. The third-order valence-electron chi connectivity index (χ3n) is 3.73. The molecule has 1 fully saturated rings. The Kier molecular flexibility index (Phi) is 4.06. The van der Waals surface area contributed by atoms with Crippen LogP contribution in [0.3, 0.4) is 0 Å². The van der Waals surface area contributed by atoms with E-state index in [9.17, 15) is 0 Å². The standard InChI is InChI=1S/C15H24N2/c1-3-14(16)11-13-6-7-15(12(2)10-13)17-8-4-5-9-17/h6-7,10,14H,3-5,8-9,11,16H2,1-2H3. The van der Waals surface area contributed by atoms with Gasteiger partial charge in [0, 0.05) is 24.8 Å². The minimum atomic E-state index is 0.298. The summed E-state index contributed by atoms with van der Waals surface area (Å²) in [6, 6.07) is 7.13. The van der Waals surface area contributed by atoms with Crippen molar-refractivity contribution in [2.45, 2.75) is 45.6 Å². The monoisotopic (exact) mass is 232 g/mol. The Labute approximate surface area is 105 Å². The zero-order valence-electron chi connectivity index (χ0n) is 11.1. The van der Waals surface area contributed by atoms with E-state index in [0.717, 1.165) is 12.8 Å². The van der Waals surface area contributed by atoms with Crippen LogP contribution in [-0.2, 0) is 6.42 Å². The molecule has 1 heterocycles. The summed E-state index contributed by atoms with van der Waals surface area (Å²) in [5.41, 5.74) is 10.2. The lowest BCUT2D eigenvalue weighted by molar-refractivity contribution is 0.646. The highest BCUT2D eigenvalue weighted by Crippen LogP contribution is 2.25.